The number of hydrogen-bond acceptors (Lipinski definition) is 4. The van der Waals surface area contributed by atoms with E-state index in [0.717, 1.165) is 20.0 Å². The number of rotatable bonds is 2. The molecule has 1 fully saturated rings. The lowest BCUT2D eigenvalue weighted by atomic mass is 10.1. The van der Waals surface area contributed by atoms with Crippen LogP contribution in [0.3, 0.4) is 0 Å². The Kier molecular flexibility index (Phi) is 7.17. The van der Waals surface area contributed by atoms with E-state index in [4.69, 9.17) is 19.7 Å². The van der Waals surface area contributed by atoms with Crippen LogP contribution in [0, 0.1) is 0 Å². The van der Waals surface area contributed by atoms with Crippen molar-refractivity contribution in [1.29, 1.82) is 0 Å². The lowest BCUT2D eigenvalue weighted by Crippen LogP contribution is -2.32. The Morgan fingerprint density at radius 2 is 1.92 bits per heavy atom. The molecule has 0 amide bonds. The van der Waals surface area contributed by atoms with Gasteiger partial charge < -0.3 is 19.7 Å². The summed E-state index contributed by atoms with van der Waals surface area (Å²) in [6.07, 6.45) is 1.41. The van der Waals surface area contributed by atoms with E-state index in [1.54, 1.807) is 0 Å². The molecule has 1 saturated heterocycles. The van der Waals surface area contributed by atoms with Gasteiger partial charge in [-0.15, -0.1) is 0 Å². The highest BCUT2D eigenvalue weighted by Gasteiger charge is 2.20. The largest absolute Gasteiger partial charge is 0.400 e. The summed E-state index contributed by atoms with van der Waals surface area (Å²) >= 11 is 0. The van der Waals surface area contributed by atoms with E-state index in [9.17, 15) is 0 Å². The van der Waals surface area contributed by atoms with E-state index in [1.807, 2.05) is 13.8 Å². The van der Waals surface area contributed by atoms with Crippen LogP contribution >= 0.6 is 0 Å². The predicted octanol–water partition coefficient (Wildman–Crippen LogP) is 0.517. The second kappa shape index (κ2) is 7.26. The number of hydrogen-bond donors (Lipinski definition) is 2. The van der Waals surface area contributed by atoms with Crippen molar-refractivity contribution in [3.8, 4) is 0 Å². The lowest BCUT2D eigenvalue weighted by Gasteiger charge is -2.27. The zero-order valence-electron chi connectivity index (χ0n) is 8.56. The third-order valence-electron chi connectivity index (χ3n) is 1.63. The van der Waals surface area contributed by atoms with Gasteiger partial charge in [0.05, 0.1) is 18.8 Å². The zero-order chi connectivity index (χ0) is 10.3. The highest BCUT2D eigenvalue weighted by molar-refractivity contribution is 4.63. The first-order valence-corrected chi connectivity index (χ1v) is 4.58. The number of aliphatic hydroxyl groups excluding tert-OH is 2. The van der Waals surface area contributed by atoms with Crippen molar-refractivity contribution in [1.82, 2.24) is 0 Å². The molecule has 80 valence electrons. The fraction of sp³-hybridized carbons (Fsp3) is 1.00. The van der Waals surface area contributed by atoms with E-state index >= 15 is 0 Å². The first-order valence-electron chi connectivity index (χ1n) is 4.58. The van der Waals surface area contributed by atoms with Crippen LogP contribution in [0.2, 0.25) is 0 Å². The van der Waals surface area contributed by atoms with Gasteiger partial charge in [0.15, 0.2) is 6.29 Å². The standard InChI is InChI=1S/C8H16O3.CH4O/c1-6(2)11-8-4-3-7(9)5-10-8;1-2/h6-9H,3-5H2,1-2H3;2H,1H3. The lowest BCUT2D eigenvalue weighted by molar-refractivity contribution is -0.201. The maximum Gasteiger partial charge on any atom is 0.158 e. The smallest absolute Gasteiger partial charge is 0.158 e. The van der Waals surface area contributed by atoms with Crippen molar-refractivity contribution in [2.75, 3.05) is 13.7 Å². The van der Waals surface area contributed by atoms with Gasteiger partial charge in [0, 0.05) is 13.5 Å². The molecule has 0 aromatic heterocycles. The topological polar surface area (TPSA) is 58.9 Å². The molecule has 1 aliphatic rings. The van der Waals surface area contributed by atoms with Gasteiger partial charge in [0.25, 0.3) is 0 Å². The van der Waals surface area contributed by atoms with Gasteiger partial charge in [0.1, 0.15) is 0 Å². The Morgan fingerprint density at radius 1 is 1.31 bits per heavy atom. The Balaban J connectivity index is 0.000000671. The average Bonchev–Trinajstić information content (AvgIpc) is 2.12. The molecule has 1 heterocycles. The molecule has 1 aliphatic heterocycles. The van der Waals surface area contributed by atoms with E-state index in [0.29, 0.717) is 6.61 Å². The molecule has 4 heteroatoms. The molecule has 0 aromatic rings. The molecule has 0 spiro atoms. The molecule has 1 rings (SSSR count). The fourth-order valence-electron chi connectivity index (χ4n) is 1.12. The SMILES string of the molecule is CC(C)OC1CCC(O)CO1.CO. The molecular weight excluding hydrogens is 172 g/mol. The molecule has 2 atom stereocenters. The summed E-state index contributed by atoms with van der Waals surface area (Å²) in [5.74, 6) is 0. The molecule has 2 N–H and O–H groups in total. The van der Waals surface area contributed by atoms with Gasteiger partial charge in [-0.3, -0.25) is 0 Å². The van der Waals surface area contributed by atoms with Gasteiger partial charge in [-0.25, -0.2) is 0 Å². The van der Waals surface area contributed by atoms with Crippen LogP contribution in [-0.4, -0.2) is 42.4 Å². The monoisotopic (exact) mass is 192 g/mol. The van der Waals surface area contributed by atoms with Crippen LogP contribution in [0.15, 0.2) is 0 Å². The molecular formula is C9H20O4. The van der Waals surface area contributed by atoms with Crippen LogP contribution in [0.1, 0.15) is 26.7 Å². The van der Waals surface area contributed by atoms with Gasteiger partial charge in [0.2, 0.25) is 0 Å². The number of aliphatic hydroxyl groups is 2. The number of ether oxygens (including phenoxy) is 2. The summed E-state index contributed by atoms with van der Waals surface area (Å²) in [7, 11) is 1.00. The Labute approximate surface area is 79.5 Å². The van der Waals surface area contributed by atoms with Crippen molar-refractivity contribution >= 4 is 0 Å². The summed E-state index contributed by atoms with van der Waals surface area (Å²) in [5.41, 5.74) is 0. The van der Waals surface area contributed by atoms with Crippen LogP contribution in [0.25, 0.3) is 0 Å². The Hall–Kier alpha value is -0.160. The van der Waals surface area contributed by atoms with Crippen LogP contribution in [-0.2, 0) is 9.47 Å². The quantitative estimate of drug-likeness (QED) is 0.669. The minimum absolute atomic E-state index is 0.0987. The van der Waals surface area contributed by atoms with Crippen molar-refractivity contribution in [2.24, 2.45) is 0 Å². The average molecular weight is 192 g/mol. The zero-order valence-corrected chi connectivity index (χ0v) is 8.56. The molecule has 0 saturated carbocycles. The van der Waals surface area contributed by atoms with Crippen molar-refractivity contribution in [3.63, 3.8) is 0 Å². The normalized spacial score (nSPS) is 28.2. The highest BCUT2D eigenvalue weighted by atomic mass is 16.7. The van der Waals surface area contributed by atoms with E-state index < -0.39 is 0 Å². The first kappa shape index (κ1) is 12.8. The summed E-state index contributed by atoms with van der Waals surface area (Å²) in [5, 5.41) is 16.1. The summed E-state index contributed by atoms with van der Waals surface area (Å²) < 4.78 is 10.6. The summed E-state index contributed by atoms with van der Waals surface area (Å²) in [4.78, 5) is 0. The van der Waals surface area contributed by atoms with Crippen LogP contribution < -0.4 is 0 Å². The summed E-state index contributed by atoms with van der Waals surface area (Å²) in [6.45, 7) is 4.38. The van der Waals surface area contributed by atoms with Crippen molar-refractivity contribution in [2.45, 2.75) is 45.2 Å². The molecule has 0 radical (unpaired) electrons. The molecule has 13 heavy (non-hydrogen) atoms. The second-order valence-electron chi connectivity index (χ2n) is 3.18. The predicted molar refractivity (Wildman–Crippen MR) is 49.3 cm³/mol. The second-order valence-corrected chi connectivity index (χ2v) is 3.18. The first-order chi connectivity index (χ1) is 6.18. The Bertz CT molecular complexity index is 108. The maximum atomic E-state index is 9.08. The van der Waals surface area contributed by atoms with Gasteiger partial charge in [-0.2, -0.15) is 0 Å². The third-order valence-corrected chi connectivity index (χ3v) is 1.63. The van der Waals surface area contributed by atoms with E-state index in [2.05, 4.69) is 0 Å². The molecule has 0 aliphatic carbocycles. The summed E-state index contributed by atoms with van der Waals surface area (Å²) in [6, 6.07) is 0. The van der Waals surface area contributed by atoms with Gasteiger partial charge in [-0.05, 0) is 20.3 Å². The Morgan fingerprint density at radius 3 is 2.31 bits per heavy atom. The van der Waals surface area contributed by atoms with Crippen molar-refractivity contribution in [3.05, 3.63) is 0 Å². The molecule has 4 nitrogen and oxygen atoms in total. The van der Waals surface area contributed by atoms with Crippen LogP contribution in [0.4, 0.5) is 0 Å². The highest BCUT2D eigenvalue weighted by Crippen LogP contribution is 2.15. The maximum absolute atomic E-state index is 9.08. The molecule has 0 bridgehead atoms. The molecule has 2 unspecified atom stereocenters. The van der Waals surface area contributed by atoms with Crippen molar-refractivity contribution < 1.29 is 19.7 Å². The fourth-order valence-corrected chi connectivity index (χ4v) is 1.12. The van der Waals surface area contributed by atoms with Crippen LogP contribution in [0.5, 0.6) is 0 Å². The molecule has 0 aromatic carbocycles. The minimum atomic E-state index is -0.290. The van der Waals surface area contributed by atoms with Gasteiger partial charge in [-0.1, -0.05) is 0 Å². The van der Waals surface area contributed by atoms with E-state index in [1.165, 1.54) is 0 Å². The van der Waals surface area contributed by atoms with E-state index in [-0.39, 0.29) is 18.5 Å². The minimum Gasteiger partial charge on any atom is -0.400 e. The third kappa shape index (κ3) is 5.99. The van der Waals surface area contributed by atoms with Gasteiger partial charge >= 0.3 is 0 Å².